The Morgan fingerprint density at radius 3 is 2.52 bits per heavy atom. The monoisotopic (exact) mass is 416 g/mol. The fraction of sp³-hybridized carbons (Fsp3) is 0.375. The lowest BCUT2D eigenvalue weighted by molar-refractivity contribution is -0.279. The van der Waals surface area contributed by atoms with Crippen LogP contribution in [0.25, 0.3) is 0 Å². The molecule has 136 valence electrons. The predicted molar refractivity (Wildman–Crippen MR) is 87.4 cm³/mol. The summed E-state index contributed by atoms with van der Waals surface area (Å²) in [5.74, 6) is -1.83. The topological polar surface area (TPSA) is 123 Å². The summed E-state index contributed by atoms with van der Waals surface area (Å²) < 4.78 is 15.4. The second kappa shape index (κ2) is 8.54. The van der Waals surface area contributed by atoms with Crippen LogP contribution >= 0.6 is 15.9 Å². The molecular weight excluding hydrogens is 400 g/mol. The predicted octanol–water partition coefficient (Wildman–Crippen LogP) is 0.143. The number of esters is 2. The van der Waals surface area contributed by atoms with Crippen LogP contribution in [0.5, 0.6) is 0 Å². The Balaban J connectivity index is 2.13. The Labute approximate surface area is 151 Å². The van der Waals surface area contributed by atoms with E-state index < -0.39 is 42.6 Å². The van der Waals surface area contributed by atoms with Gasteiger partial charge in [0.15, 0.2) is 6.10 Å². The third kappa shape index (κ3) is 4.44. The highest BCUT2D eigenvalue weighted by atomic mass is 79.9. The third-order valence-electron chi connectivity index (χ3n) is 3.46. The van der Waals surface area contributed by atoms with Crippen LogP contribution in [-0.4, -0.2) is 64.6 Å². The fourth-order valence-corrected chi connectivity index (χ4v) is 2.61. The number of halogens is 1. The second-order valence-corrected chi connectivity index (χ2v) is 6.06. The maximum absolute atomic E-state index is 12.2. The summed E-state index contributed by atoms with van der Waals surface area (Å²) in [6.07, 6.45) is -7.25. The van der Waals surface area contributed by atoms with E-state index in [0.29, 0.717) is 4.47 Å². The van der Waals surface area contributed by atoms with E-state index in [9.17, 15) is 24.9 Å². The zero-order valence-electron chi connectivity index (χ0n) is 12.9. The lowest BCUT2D eigenvalue weighted by Crippen LogP contribution is -2.60. The molecule has 0 amide bonds. The lowest BCUT2D eigenvalue weighted by atomic mass is 9.99. The van der Waals surface area contributed by atoms with E-state index in [1.165, 1.54) is 12.1 Å². The molecule has 2 rings (SSSR count). The van der Waals surface area contributed by atoms with Crippen molar-refractivity contribution in [1.29, 1.82) is 0 Å². The molecule has 1 heterocycles. The quantitative estimate of drug-likeness (QED) is 0.457. The number of benzene rings is 1. The molecule has 0 radical (unpaired) electrons. The van der Waals surface area contributed by atoms with E-state index in [1.807, 2.05) is 0 Å². The van der Waals surface area contributed by atoms with Crippen LogP contribution in [-0.2, 0) is 19.0 Å². The molecule has 8 nitrogen and oxygen atoms in total. The first-order valence-electron chi connectivity index (χ1n) is 7.29. The summed E-state index contributed by atoms with van der Waals surface area (Å²) in [5.41, 5.74) is 0.157. The van der Waals surface area contributed by atoms with Gasteiger partial charge in [-0.1, -0.05) is 24.8 Å². The summed E-state index contributed by atoms with van der Waals surface area (Å²) in [7, 11) is 0. The van der Waals surface area contributed by atoms with Crippen molar-refractivity contribution in [2.45, 2.75) is 30.7 Å². The Morgan fingerprint density at radius 1 is 1.20 bits per heavy atom. The molecule has 1 saturated heterocycles. The first-order valence-corrected chi connectivity index (χ1v) is 8.08. The van der Waals surface area contributed by atoms with Crippen LogP contribution in [0.1, 0.15) is 10.4 Å². The van der Waals surface area contributed by atoms with Gasteiger partial charge in [0, 0.05) is 4.47 Å². The van der Waals surface area contributed by atoms with Crippen molar-refractivity contribution in [2.75, 3.05) is 6.61 Å². The number of hydrogen-bond acceptors (Lipinski definition) is 8. The summed E-state index contributed by atoms with van der Waals surface area (Å²) in [5, 5.41) is 29.7. The Hall–Kier alpha value is -1.78. The molecule has 5 atom stereocenters. The molecule has 0 spiro atoms. The van der Waals surface area contributed by atoms with Gasteiger partial charge >= 0.3 is 11.9 Å². The number of carbonyl (C=O) groups is 2. The van der Waals surface area contributed by atoms with Gasteiger partial charge in [-0.2, -0.15) is 0 Å². The molecular formula is C16H17BrO8. The molecule has 1 fully saturated rings. The molecule has 25 heavy (non-hydrogen) atoms. The molecule has 0 aromatic heterocycles. The van der Waals surface area contributed by atoms with Crippen molar-refractivity contribution < 1.29 is 39.1 Å². The van der Waals surface area contributed by atoms with Crippen molar-refractivity contribution in [1.82, 2.24) is 0 Å². The molecule has 9 heteroatoms. The largest absolute Gasteiger partial charge is 0.459 e. The minimum atomic E-state index is -1.77. The smallest absolute Gasteiger partial charge is 0.341 e. The summed E-state index contributed by atoms with van der Waals surface area (Å²) in [6, 6.07) is 6.39. The highest BCUT2D eigenvalue weighted by molar-refractivity contribution is 9.10. The first kappa shape index (κ1) is 19.5. The van der Waals surface area contributed by atoms with E-state index in [2.05, 4.69) is 22.5 Å². The molecule has 3 N–H and O–H groups in total. The van der Waals surface area contributed by atoms with Crippen molar-refractivity contribution in [3.63, 3.8) is 0 Å². The number of aliphatic hydroxyl groups excluding tert-OH is 3. The van der Waals surface area contributed by atoms with Crippen LogP contribution in [0, 0.1) is 0 Å². The maximum atomic E-state index is 12.2. The van der Waals surface area contributed by atoms with Gasteiger partial charge in [-0.15, -0.1) is 0 Å². The molecule has 1 aliphatic heterocycles. The Bertz CT molecular complexity index is 649. The number of hydrogen-bond donors (Lipinski definition) is 3. The standard InChI is InChI=1S/C16H17BrO8/c1-2-7-23-15(22)13-11(19)10(18)12(20)16(24-13)25-14(21)8-5-3-4-6-9(8)17/h2-6,10-13,16,18-20H,1,7H2/t10-,11-,12+,13-,16-/m0/s1. The van der Waals surface area contributed by atoms with Crippen LogP contribution < -0.4 is 0 Å². The summed E-state index contributed by atoms with van der Waals surface area (Å²) in [6.45, 7) is 3.24. The molecule has 1 aliphatic rings. The minimum absolute atomic E-state index is 0.133. The minimum Gasteiger partial charge on any atom is -0.459 e. The van der Waals surface area contributed by atoms with E-state index in [0.717, 1.165) is 0 Å². The van der Waals surface area contributed by atoms with E-state index >= 15 is 0 Å². The van der Waals surface area contributed by atoms with Crippen molar-refractivity contribution >= 4 is 27.9 Å². The number of aliphatic hydroxyl groups is 3. The normalized spacial score (nSPS) is 28.9. The van der Waals surface area contributed by atoms with E-state index in [-0.39, 0.29) is 12.2 Å². The van der Waals surface area contributed by atoms with E-state index in [4.69, 9.17) is 14.2 Å². The van der Waals surface area contributed by atoms with Crippen LogP contribution in [0.15, 0.2) is 41.4 Å². The zero-order chi connectivity index (χ0) is 18.6. The Morgan fingerprint density at radius 2 is 1.88 bits per heavy atom. The van der Waals surface area contributed by atoms with Gasteiger partial charge < -0.3 is 29.5 Å². The van der Waals surface area contributed by atoms with Crippen LogP contribution in [0.2, 0.25) is 0 Å². The number of rotatable bonds is 5. The third-order valence-corrected chi connectivity index (χ3v) is 4.15. The summed E-state index contributed by atoms with van der Waals surface area (Å²) in [4.78, 5) is 24.1. The highest BCUT2D eigenvalue weighted by Gasteiger charge is 2.49. The average molecular weight is 417 g/mol. The van der Waals surface area contributed by atoms with Crippen molar-refractivity contribution in [3.05, 3.63) is 47.0 Å². The van der Waals surface area contributed by atoms with Gasteiger partial charge in [0.1, 0.15) is 24.9 Å². The molecule has 0 saturated carbocycles. The van der Waals surface area contributed by atoms with Crippen LogP contribution in [0.3, 0.4) is 0 Å². The van der Waals surface area contributed by atoms with Gasteiger partial charge in [0.2, 0.25) is 6.29 Å². The van der Waals surface area contributed by atoms with Gasteiger partial charge in [-0.25, -0.2) is 9.59 Å². The average Bonchev–Trinajstić information content (AvgIpc) is 2.60. The molecule has 1 aromatic carbocycles. The fourth-order valence-electron chi connectivity index (χ4n) is 2.16. The van der Waals surface area contributed by atoms with Crippen LogP contribution in [0.4, 0.5) is 0 Å². The van der Waals surface area contributed by atoms with Gasteiger partial charge in [0.05, 0.1) is 5.56 Å². The summed E-state index contributed by atoms with van der Waals surface area (Å²) >= 11 is 3.18. The zero-order valence-corrected chi connectivity index (χ0v) is 14.5. The van der Waals surface area contributed by atoms with Crippen molar-refractivity contribution in [3.8, 4) is 0 Å². The molecule has 1 aromatic rings. The lowest BCUT2D eigenvalue weighted by Gasteiger charge is -2.38. The Kier molecular flexibility index (Phi) is 6.68. The SMILES string of the molecule is C=CCOC(=O)[C@H]1O[C@@H](OC(=O)c2ccccc2Br)[C@H](O)[C@@H](O)[C@@H]1O. The molecule has 0 bridgehead atoms. The number of carbonyl (C=O) groups excluding carboxylic acids is 2. The molecule has 0 unspecified atom stereocenters. The second-order valence-electron chi connectivity index (χ2n) is 5.20. The molecule has 0 aliphatic carbocycles. The van der Waals surface area contributed by atoms with Gasteiger partial charge in [-0.05, 0) is 28.1 Å². The van der Waals surface area contributed by atoms with Gasteiger partial charge in [-0.3, -0.25) is 0 Å². The maximum Gasteiger partial charge on any atom is 0.341 e. The number of ether oxygens (including phenoxy) is 3. The van der Waals surface area contributed by atoms with Crippen molar-refractivity contribution in [2.24, 2.45) is 0 Å². The van der Waals surface area contributed by atoms with Gasteiger partial charge in [0.25, 0.3) is 0 Å². The van der Waals surface area contributed by atoms with E-state index in [1.54, 1.807) is 18.2 Å². The highest BCUT2D eigenvalue weighted by Crippen LogP contribution is 2.25. The first-order chi connectivity index (χ1) is 11.9.